The molecule has 1 saturated carbocycles. The Morgan fingerprint density at radius 3 is 2.60 bits per heavy atom. The molecule has 110 valence electrons. The number of carbonyl (C=O) groups is 1. The molecule has 6 nitrogen and oxygen atoms in total. The lowest BCUT2D eigenvalue weighted by Gasteiger charge is -2.20. The van der Waals surface area contributed by atoms with Crippen LogP contribution < -0.4 is 11.2 Å². The third-order valence-electron chi connectivity index (χ3n) is 3.55. The van der Waals surface area contributed by atoms with Crippen LogP contribution in [0.1, 0.15) is 33.1 Å². The Balaban J connectivity index is 2.24. The molecule has 20 heavy (non-hydrogen) atoms. The highest BCUT2D eigenvalue weighted by atomic mass is 16.2. The van der Waals surface area contributed by atoms with Crippen LogP contribution >= 0.6 is 0 Å². The molecule has 0 spiro atoms. The van der Waals surface area contributed by atoms with E-state index in [1.54, 1.807) is 4.90 Å². The van der Waals surface area contributed by atoms with Gasteiger partial charge in [0.2, 0.25) is 5.91 Å². The van der Waals surface area contributed by atoms with E-state index in [0.717, 1.165) is 23.8 Å². The molecule has 0 bridgehead atoms. The predicted octanol–water partition coefficient (Wildman–Crippen LogP) is 0.431. The first kappa shape index (κ1) is 14.6. The number of aryl methyl sites for hydroxylation is 1. The summed E-state index contributed by atoms with van der Waals surface area (Å²) >= 11 is 0. The highest BCUT2D eigenvalue weighted by molar-refractivity contribution is 5.76. The monoisotopic (exact) mass is 279 g/mol. The molecule has 1 amide bonds. The average molecular weight is 279 g/mol. The van der Waals surface area contributed by atoms with Crippen LogP contribution in [0.5, 0.6) is 0 Å². The number of carbonyl (C=O) groups excluding carboxylic acids is 1. The first-order chi connectivity index (χ1) is 9.58. The topological polar surface area (TPSA) is 64.3 Å². The Bertz CT molecular complexity index is 598. The molecule has 1 aliphatic rings. The van der Waals surface area contributed by atoms with E-state index in [1.165, 1.54) is 16.8 Å². The Kier molecular flexibility index (Phi) is 4.42. The number of likely N-dealkylation sites (N-methyl/N-ethyl adjacent to an activating group) is 1. The fourth-order valence-corrected chi connectivity index (χ4v) is 2.36. The zero-order chi connectivity index (χ0) is 14.7. The summed E-state index contributed by atoms with van der Waals surface area (Å²) in [5.41, 5.74) is -0.817. The highest BCUT2D eigenvalue weighted by Gasteiger charge is 2.31. The van der Waals surface area contributed by atoms with Crippen molar-refractivity contribution in [3.05, 3.63) is 33.1 Å². The van der Waals surface area contributed by atoms with E-state index in [4.69, 9.17) is 0 Å². The lowest BCUT2D eigenvalue weighted by Crippen LogP contribution is -2.44. The predicted molar refractivity (Wildman–Crippen MR) is 75.7 cm³/mol. The fourth-order valence-electron chi connectivity index (χ4n) is 2.36. The fraction of sp³-hybridized carbons (Fsp3) is 0.643. The number of nitrogens with zero attached hydrogens (tertiary/aromatic N) is 3. The number of hydrogen-bond acceptors (Lipinski definition) is 3. The summed E-state index contributed by atoms with van der Waals surface area (Å²) in [5, 5.41) is 0. The van der Waals surface area contributed by atoms with Crippen LogP contribution in [0.15, 0.2) is 21.9 Å². The lowest BCUT2D eigenvalue weighted by atomic mass is 10.4. The minimum atomic E-state index is -0.414. The van der Waals surface area contributed by atoms with E-state index in [1.807, 2.05) is 13.8 Å². The van der Waals surface area contributed by atoms with E-state index >= 15 is 0 Å². The summed E-state index contributed by atoms with van der Waals surface area (Å²) in [5.74, 6) is -0.150. The molecular formula is C14H21N3O3. The zero-order valence-corrected chi connectivity index (χ0v) is 12.0. The molecule has 1 fully saturated rings. The highest BCUT2D eigenvalue weighted by Crippen LogP contribution is 2.26. The van der Waals surface area contributed by atoms with Crippen molar-refractivity contribution in [3.63, 3.8) is 0 Å². The first-order valence-electron chi connectivity index (χ1n) is 7.18. The molecule has 1 heterocycles. The molecule has 1 aliphatic carbocycles. The minimum absolute atomic E-state index is 0.150. The van der Waals surface area contributed by atoms with Crippen molar-refractivity contribution in [1.29, 1.82) is 0 Å². The molecule has 0 unspecified atom stereocenters. The standard InChI is InChI=1S/C14H21N3O3/c1-3-8-15-9-7-12(18)17(14(15)20)10-13(19)16(4-2)11-5-6-11/h7,9,11H,3-6,8,10H2,1-2H3. The Morgan fingerprint density at radius 2 is 2.05 bits per heavy atom. The van der Waals surface area contributed by atoms with Gasteiger partial charge in [-0.25, -0.2) is 4.79 Å². The molecule has 0 saturated heterocycles. The van der Waals surface area contributed by atoms with Crippen LogP contribution in [-0.2, 0) is 17.9 Å². The van der Waals surface area contributed by atoms with Crippen LogP contribution in [0.2, 0.25) is 0 Å². The largest absolute Gasteiger partial charge is 0.338 e. The smallest absolute Gasteiger partial charge is 0.331 e. The van der Waals surface area contributed by atoms with Gasteiger partial charge in [0.15, 0.2) is 0 Å². The van der Waals surface area contributed by atoms with Crippen LogP contribution in [0.3, 0.4) is 0 Å². The van der Waals surface area contributed by atoms with Crippen molar-refractivity contribution in [1.82, 2.24) is 14.0 Å². The SMILES string of the molecule is CCCn1ccc(=O)n(CC(=O)N(CC)C2CC2)c1=O. The average Bonchev–Trinajstić information content (AvgIpc) is 3.23. The van der Waals surface area contributed by atoms with Gasteiger partial charge in [0.25, 0.3) is 5.56 Å². The van der Waals surface area contributed by atoms with Crippen molar-refractivity contribution in [3.8, 4) is 0 Å². The van der Waals surface area contributed by atoms with Gasteiger partial charge in [-0.15, -0.1) is 0 Å². The van der Waals surface area contributed by atoms with Gasteiger partial charge in [-0.1, -0.05) is 6.92 Å². The summed E-state index contributed by atoms with van der Waals surface area (Å²) in [6.07, 6.45) is 4.33. The maximum atomic E-state index is 12.2. The third kappa shape index (κ3) is 3.00. The molecule has 1 aromatic heterocycles. The Labute approximate surface area is 117 Å². The van der Waals surface area contributed by atoms with E-state index in [-0.39, 0.29) is 12.5 Å². The number of rotatable bonds is 6. The second-order valence-electron chi connectivity index (χ2n) is 5.13. The van der Waals surface area contributed by atoms with E-state index in [0.29, 0.717) is 19.1 Å². The zero-order valence-electron chi connectivity index (χ0n) is 12.0. The van der Waals surface area contributed by atoms with Crippen molar-refractivity contribution in [2.45, 2.75) is 52.2 Å². The molecule has 1 aromatic rings. The minimum Gasteiger partial charge on any atom is -0.338 e. The normalized spacial score (nSPS) is 14.3. The van der Waals surface area contributed by atoms with Crippen LogP contribution in [0, 0.1) is 0 Å². The second-order valence-corrected chi connectivity index (χ2v) is 5.13. The Morgan fingerprint density at radius 1 is 1.35 bits per heavy atom. The number of amides is 1. The molecule has 0 aliphatic heterocycles. The van der Waals surface area contributed by atoms with Gasteiger partial charge in [0.05, 0.1) is 0 Å². The van der Waals surface area contributed by atoms with Crippen LogP contribution in [-0.4, -0.2) is 32.5 Å². The summed E-state index contributed by atoms with van der Waals surface area (Å²) in [6.45, 7) is 4.88. The molecular weight excluding hydrogens is 258 g/mol. The van der Waals surface area contributed by atoms with Gasteiger partial charge < -0.3 is 9.47 Å². The summed E-state index contributed by atoms with van der Waals surface area (Å²) in [7, 11) is 0. The molecule has 6 heteroatoms. The quantitative estimate of drug-likeness (QED) is 0.758. The van der Waals surface area contributed by atoms with Gasteiger partial charge in [-0.3, -0.25) is 14.2 Å². The second kappa shape index (κ2) is 6.07. The van der Waals surface area contributed by atoms with E-state index in [9.17, 15) is 14.4 Å². The third-order valence-corrected chi connectivity index (χ3v) is 3.55. The van der Waals surface area contributed by atoms with Crippen LogP contribution in [0.25, 0.3) is 0 Å². The first-order valence-corrected chi connectivity index (χ1v) is 7.18. The van der Waals surface area contributed by atoms with E-state index in [2.05, 4.69) is 0 Å². The molecule has 2 rings (SSSR count). The maximum absolute atomic E-state index is 12.2. The number of hydrogen-bond donors (Lipinski definition) is 0. The van der Waals surface area contributed by atoms with Crippen LogP contribution in [0.4, 0.5) is 0 Å². The maximum Gasteiger partial charge on any atom is 0.331 e. The van der Waals surface area contributed by atoms with Gasteiger partial charge in [-0.2, -0.15) is 0 Å². The summed E-state index contributed by atoms with van der Waals surface area (Å²) < 4.78 is 2.51. The van der Waals surface area contributed by atoms with Crippen molar-refractivity contribution >= 4 is 5.91 Å². The van der Waals surface area contributed by atoms with Crippen molar-refractivity contribution in [2.24, 2.45) is 0 Å². The number of aromatic nitrogens is 2. The Hall–Kier alpha value is -1.85. The lowest BCUT2D eigenvalue weighted by molar-refractivity contribution is -0.132. The van der Waals surface area contributed by atoms with Crippen molar-refractivity contribution in [2.75, 3.05) is 6.54 Å². The van der Waals surface area contributed by atoms with Crippen molar-refractivity contribution < 1.29 is 4.79 Å². The molecule has 0 N–H and O–H groups in total. The van der Waals surface area contributed by atoms with Gasteiger partial charge in [-0.05, 0) is 26.2 Å². The van der Waals surface area contributed by atoms with Gasteiger partial charge in [0, 0.05) is 31.4 Å². The molecule has 0 radical (unpaired) electrons. The molecule has 0 atom stereocenters. The molecule has 0 aromatic carbocycles. The summed E-state index contributed by atoms with van der Waals surface area (Å²) in [6, 6.07) is 1.64. The van der Waals surface area contributed by atoms with Gasteiger partial charge >= 0.3 is 5.69 Å². The van der Waals surface area contributed by atoms with E-state index < -0.39 is 11.2 Å². The summed E-state index contributed by atoms with van der Waals surface area (Å²) in [4.78, 5) is 37.9. The van der Waals surface area contributed by atoms with Gasteiger partial charge in [0.1, 0.15) is 6.54 Å².